The van der Waals surface area contributed by atoms with Gasteiger partial charge in [0.25, 0.3) is 0 Å². The van der Waals surface area contributed by atoms with Crippen molar-refractivity contribution < 1.29 is 27.9 Å². The Morgan fingerprint density at radius 1 is 1.35 bits per heavy atom. The minimum Gasteiger partial charge on any atom is -0.480 e. The normalized spacial score (nSPS) is 22.9. The Hall–Kier alpha value is -1.77. The van der Waals surface area contributed by atoms with Crippen molar-refractivity contribution >= 4 is 23.6 Å². The standard InChI is InChI=1S/C11H9F3N2O3S/c12-11(13,14)10(19)16-7(9(17)18)5-20-8(16)6-1-3-15-4-2-6/h1-4,7-8H,5H2,(H,17,18). The average Bonchev–Trinajstić information content (AvgIpc) is 2.82. The molecule has 5 nitrogen and oxygen atoms in total. The Labute approximate surface area is 115 Å². The molecule has 1 aromatic rings. The second-order valence-electron chi connectivity index (χ2n) is 4.03. The van der Waals surface area contributed by atoms with E-state index in [1.165, 1.54) is 24.5 Å². The van der Waals surface area contributed by atoms with Gasteiger partial charge in [0.1, 0.15) is 11.4 Å². The Balaban J connectivity index is 2.38. The van der Waals surface area contributed by atoms with Crippen molar-refractivity contribution in [1.29, 1.82) is 0 Å². The van der Waals surface area contributed by atoms with Crippen molar-refractivity contribution in [2.24, 2.45) is 0 Å². The first-order chi connectivity index (χ1) is 9.32. The smallest absolute Gasteiger partial charge is 0.471 e. The molecule has 9 heteroatoms. The molecular weight excluding hydrogens is 297 g/mol. The summed E-state index contributed by atoms with van der Waals surface area (Å²) in [5.41, 5.74) is 0.409. The molecule has 0 radical (unpaired) electrons. The largest absolute Gasteiger partial charge is 0.480 e. The van der Waals surface area contributed by atoms with Gasteiger partial charge in [-0.05, 0) is 17.7 Å². The topological polar surface area (TPSA) is 70.5 Å². The van der Waals surface area contributed by atoms with Gasteiger partial charge in [-0.3, -0.25) is 9.78 Å². The van der Waals surface area contributed by atoms with Gasteiger partial charge in [0, 0.05) is 18.1 Å². The molecular formula is C11H9F3N2O3S. The predicted molar refractivity (Wildman–Crippen MR) is 63.8 cm³/mol. The molecule has 2 atom stereocenters. The second kappa shape index (κ2) is 5.31. The van der Waals surface area contributed by atoms with E-state index >= 15 is 0 Å². The number of aromatic nitrogens is 1. The second-order valence-corrected chi connectivity index (χ2v) is 5.14. The number of carboxylic acids is 1. The Morgan fingerprint density at radius 2 is 1.95 bits per heavy atom. The SMILES string of the molecule is O=C(O)C1CSC(c2ccncc2)N1C(=O)C(F)(F)F. The van der Waals surface area contributed by atoms with E-state index in [0.29, 0.717) is 10.5 Å². The van der Waals surface area contributed by atoms with Crippen molar-refractivity contribution in [3.05, 3.63) is 30.1 Å². The Bertz CT molecular complexity index is 523. The molecule has 108 valence electrons. The number of nitrogens with zero attached hydrogens (tertiary/aromatic N) is 2. The van der Waals surface area contributed by atoms with Crippen LogP contribution in [0.25, 0.3) is 0 Å². The van der Waals surface area contributed by atoms with Gasteiger partial charge in [-0.15, -0.1) is 11.8 Å². The van der Waals surface area contributed by atoms with Crippen LogP contribution in [0.2, 0.25) is 0 Å². The van der Waals surface area contributed by atoms with E-state index in [9.17, 15) is 22.8 Å². The van der Waals surface area contributed by atoms with Crippen LogP contribution in [0, 0.1) is 0 Å². The van der Waals surface area contributed by atoms with Crippen molar-refractivity contribution in [2.75, 3.05) is 5.75 Å². The third-order valence-electron chi connectivity index (χ3n) is 2.75. The van der Waals surface area contributed by atoms with Gasteiger partial charge in [-0.2, -0.15) is 13.2 Å². The van der Waals surface area contributed by atoms with Gasteiger partial charge in [-0.1, -0.05) is 0 Å². The van der Waals surface area contributed by atoms with E-state index in [-0.39, 0.29) is 5.75 Å². The summed E-state index contributed by atoms with van der Waals surface area (Å²) in [6.07, 6.45) is -2.36. The van der Waals surface area contributed by atoms with Crippen LogP contribution in [0.3, 0.4) is 0 Å². The zero-order valence-corrected chi connectivity index (χ0v) is 10.7. The summed E-state index contributed by atoms with van der Waals surface area (Å²) in [7, 11) is 0. The molecule has 0 spiro atoms. The fourth-order valence-corrected chi connectivity index (χ4v) is 3.30. The molecule has 1 aliphatic rings. The number of thioether (sulfide) groups is 1. The molecule has 20 heavy (non-hydrogen) atoms. The van der Waals surface area contributed by atoms with Gasteiger partial charge < -0.3 is 10.0 Å². The Kier molecular flexibility index (Phi) is 3.89. The van der Waals surface area contributed by atoms with Crippen LogP contribution in [0.4, 0.5) is 13.2 Å². The minimum absolute atomic E-state index is 0.0931. The van der Waals surface area contributed by atoms with Crippen molar-refractivity contribution in [3.8, 4) is 0 Å². The molecule has 1 amide bonds. The zero-order chi connectivity index (χ0) is 14.9. The number of amides is 1. The maximum absolute atomic E-state index is 12.6. The molecule has 0 aromatic carbocycles. The molecule has 2 unspecified atom stereocenters. The van der Waals surface area contributed by atoms with E-state index in [1.54, 1.807) is 0 Å². The van der Waals surface area contributed by atoms with Crippen LogP contribution in [0.1, 0.15) is 10.9 Å². The number of alkyl halides is 3. The predicted octanol–water partition coefficient (Wildman–Crippen LogP) is 1.67. The van der Waals surface area contributed by atoms with Crippen molar-refractivity contribution in [3.63, 3.8) is 0 Å². The number of halogens is 3. The molecule has 0 saturated carbocycles. The highest BCUT2D eigenvalue weighted by molar-refractivity contribution is 7.99. The highest BCUT2D eigenvalue weighted by Crippen LogP contribution is 2.43. The lowest BCUT2D eigenvalue weighted by Gasteiger charge is -2.28. The third kappa shape index (κ3) is 2.72. The molecule has 1 aromatic heterocycles. The molecule has 1 saturated heterocycles. The maximum atomic E-state index is 12.6. The fourth-order valence-electron chi connectivity index (χ4n) is 1.88. The van der Waals surface area contributed by atoms with E-state index in [2.05, 4.69) is 4.98 Å². The van der Waals surface area contributed by atoms with Gasteiger partial charge in [0.05, 0.1) is 0 Å². The monoisotopic (exact) mass is 306 g/mol. The summed E-state index contributed by atoms with van der Waals surface area (Å²) >= 11 is 0.981. The van der Waals surface area contributed by atoms with Gasteiger partial charge in [-0.25, -0.2) is 4.79 Å². The quantitative estimate of drug-likeness (QED) is 0.900. The van der Waals surface area contributed by atoms with E-state index in [0.717, 1.165) is 11.8 Å². The fraction of sp³-hybridized carbons (Fsp3) is 0.364. The number of aliphatic carboxylic acids is 1. The van der Waals surface area contributed by atoms with E-state index in [4.69, 9.17) is 5.11 Å². The number of rotatable bonds is 2. The first kappa shape index (κ1) is 14.6. The number of carbonyl (C=O) groups excluding carboxylic acids is 1. The first-order valence-electron chi connectivity index (χ1n) is 5.46. The average molecular weight is 306 g/mol. The molecule has 1 aliphatic heterocycles. The number of carboxylic acid groups (broad SMARTS) is 1. The molecule has 0 aliphatic carbocycles. The van der Waals surface area contributed by atoms with Crippen LogP contribution in [-0.2, 0) is 9.59 Å². The van der Waals surface area contributed by atoms with E-state index in [1.807, 2.05) is 0 Å². The summed E-state index contributed by atoms with van der Waals surface area (Å²) in [6.45, 7) is 0. The number of pyridine rings is 1. The first-order valence-corrected chi connectivity index (χ1v) is 6.51. The summed E-state index contributed by atoms with van der Waals surface area (Å²) in [4.78, 5) is 26.6. The lowest BCUT2D eigenvalue weighted by Crippen LogP contribution is -2.48. The van der Waals surface area contributed by atoms with E-state index < -0.39 is 29.5 Å². The zero-order valence-electron chi connectivity index (χ0n) is 9.87. The van der Waals surface area contributed by atoms with Crippen LogP contribution in [-0.4, -0.2) is 44.8 Å². The van der Waals surface area contributed by atoms with Gasteiger partial charge >= 0.3 is 18.1 Å². The van der Waals surface area contributed by atoms with Crippen LogP contribution >= 0.6 is 11.8 Å². The van der Waals surface area contributed by atoms with Gasteiger partial charge in [0.15, 0.2) is 0 Å². The molecule has 2 heterocycles. The highest BCUT2D eigenvalue weighted by Gasteiger charge is 2.52. The van der Waals surface area contributed by atoms with Crippen LogP contribution < -0.4 is 0 Å². The summed E-state index contributed by atoms with van der Waals surface area (Å²) in [5, 5.41) is 8.00. The van der Waals surface area contributed by atoms with Gasteiger partial charge in [0.2, 0.25) is 0 Å². The number of carbonyl (C=O) groups is 2. The Morgan fingerprint density at radius 3 is 2.45 bits per heavy atom. The summed E-state index contributed by atoms with van der Waals surface area (Å²) < 4.78 is 37.9. The van der Waals surface area contributed by atoms with Crippen LogP contribution in [0.15, 0.2) is 24.5 Å². The number of hydrogen-bond donors (Lipinski definition) is 1. The molecule has 2 rings (SSSR count). The lowest BCUT2D eigenvalue weighted by atomic mass is 10.2. The molecule has 1 fully saturated rings. The summed E-state index contributed by atoms with van der Waals surface area (Å²) in [5.74, 6) is -3.69. The van der Waals surface area contributed by atoms with Crippen molar-refractivity contribution in [2.45, 2.75) is 17.6 Å². The van der Waals surface area contributed by atoms with Crippen LogP contribution in [0.5, 0.6) is 0 Å². The summed E-state index contributed by atoms with van der Waals surface area (Å²) in [6, 6.07) is 1.42. The molecule has 1 N–H and O–H groups in total. The highest BCUT2D eigenvalue weighted by atomic mass is 32.2. The maximum Gasteiger partial charge on any atom is 0.471 e. The lowest BCUT2D eigenvalue weighted by molar-refractivity contribution is -0.189. The number of hydrogen-bond acceptors (Lipinski definition) is 4. The minimum atomic E-state index is -5.11. The molecule has 0 bridgehead atoms. The third-order valence-corrected chi connectivity index (χ3v) is 4.08. The van der Waals surface area contributed by atoms with Crippen molar-refractivity contribution in [1.82, 2.24) is 9.88 Å².